The number of anilines is 1. The van der Waals surface area contributed by atoms with E-state index in [9.17, 15) is 4.79 Å². The molecule has 0 aliphatic heterocycles. The monoisotopic (exact) mass is 443 g/mol. The van der Waals surface area contributed by atoms with Crippen LogP contribution in [0.2, 0.25) is 0 Å². The fraction of sp³-hybridized carbons (Fsp3) is 0.263. The maximum absolute atomic E-state index is 12.9. The second-order valence-corrected chi connectivity index (χ2v) is 8.51. The van der Waals surface area contributed by atoms with E-state index in [4.69, 9.17) is 5.26 Å². The maximum Gasteiger partial charge on any atom is 0.279 e. The molecule has 0 fully saturated rings. The molecule has 0 aliphatic rings. The van der Waals surface area contributed by atoms with Crippen molar-refractivity contribution in [2.75, 3.05) is 11.6 Å². The summed E-state index contributed by atoms with van der Waals surface area (Å²) in [5, 5.41) is 11.8. The van der Waals surface area contributed by atoms with Gasteiger partial charge >= 0.3 is 0 Å². The van der Waals surface area contributed by atoms with Crippen molar-refractivity contribution in [3.63, 3.8) is 0 Å². The third-order valence-electron chi connectivity index (χ3n) is 3.76. The van der Waals surface area contributed by atoms with Gasteiger partial charge < -0.3 is 0 Å². The van der Waals surface area contributed by atoms with Crippen molar-refractivity contribution in [3.8, 4) is 6.07 Å². The number of thiophene rings is 1. The first kappa shape index (κ1) is 19.3. The summed E-state index contributed by atoms with van der Waals surface area (Å²) in [7, 11) is 0. The van der Waals surface area contributed by atoms with Crippen molar-refractivity contribution in [3.05, 3.63) is 51.2 Å². The largest absolute Gasteiger partial charge is 0.279 e. The number of carbonyl (C=O) groups excluding carboxylic acids is 1. The molecule has 0 radical (unpaired) electrons. The molecule has 0 saturated carbocycles. The number of hydrogen-bond donors (Lipinski definition) is 1. The molecule has 2 heterocycles. The number of nitrogens with zero attached hydrogens (tertiary/aromatic N) is 4. The van der Waals surface area contributed by atoms with Crippen LogP contribution in [-0.2, 0) is 0 Å². The molecule has 3 aromatic rings. The molecule has 138 valence electrons. The first-order valence-electron chi connectivity index (χ1n) is 8.38. The summed E-state index contributed by atoms with van der Waals surface area (Å²) in [6.45, 7) is 6.65. The fourth-order valence-electron chi connectivity index (χ4n) is 2.60. The van der Waals surface area contributed by atoms with Crippen LogP contribution in [-0.4, -0.2) is 22.4 Å². The topological polar surface area (TPSA) is 81.9 Å². The lowest BCUT2D eigenvalue weighted by Gasteiger charge is -2.26. The third kappa shape index (κ3) is 4.43. The Labute approximate surface area is 170 Å². The van der Waals surface area contributed by atoms with Crippen LogP contribution in [0.25, 0.3) is 10.1 Å². The number of benzene rings is 1. The lowest BCUT2D eigenvalue weighted by molar-refractivity contribution is 0.0951. The summed E-state index contributed by atoms with van der Waals surface area (Å²) in [5.74, 6) is 0.565. The van der Waals surface area contributed by atoms with Gasteiger partial charge in [0.15, 0.2) is 5.82 Å². The minimum absolute atomic E-state index is 0.0496. The van der Waals surface area contributed by atoms with Gasteiger partial charge in [-0.2, -0.15) is 10.2 Å². The minimum atomic E-state index is -0.210. The first-order chi connectivity index (χ1) is 12.9. The Kier molecular flexibility index (Phi) is 5.73. The van der Waals surface area contributed by atoms with Crippen molar-refractivity contribution in [2.24, 2.45) is 5.92 Å². The Morgan fingerprint density at radius 1 is 1.41 bits per heavy atom. The van der Waals surface area contributed by atoms with Crippen molar-refractivity contribution in [1.82, 2.24) is 15.4 Å². The summed E-state index contributed by atoms with van der Waals surface area (Å²) in [6.07, 6.45) is 1.52. The van der Waals surface area contributed by atoms with E-state index in [0.717, 1.165) is 15.6 Å². The molecule has 1 aromatic carbocycles. The second-order valence-electron chi connectivity index (χ2n) is 6.57. The van der Waals surface area contributed by atoms with Gasteiger partial charge in [0.1, 0.15) is 6.07 Å². The Morgan fingerprint density at radius 2 is 2.19 bits per heavy atom. The molecule has 0 spiro atoms. The van der Waals surface area contributed by atoms with Crippen molar-refractivity contribution in [2.45, 2.75) is 20.8 Å². The fourth-order valence-corrected chi connectivity index (χ4v) is 3.94. The highest BCUT2D eigenvalue weighted by molar-refractivity contribution is 9.10. The quantitative estimate of drug-likeness (QED) is 0.589. The summed E-state index contributed by atoms with van der Waals surface area (Å²) < 4.78 is 1.67. The SMILES string of the molecule is Cc1ccc2sc(C(=O)NN(CC(C)C)c3nc(C#N)ncc3Br)cc2c1. The molecule has 0 aliphatic carbocycles. The zero-order valence-corrected chi connectivity index (χ0v) is 17.6. The summed E-state index contributed by atoms with van der Waals surface area (Å²) >= 11 is 4.85. The molecule has 1 amide bonds. The van der Waals surface area contributed by atoms with Crippen molar-refractivity contribution >= 4 is 49.1 Å². The normalized spacial score (nSPS) is 10.8. The summed E-state index contributed by atoms with van der Waals surface area (Å²) in [6, 6.07) is 9.95. The Bertz CT molecular complexity index is 1040. The Balaban J connectivity index is 1.91. The predicted molar refractivity (Wildman–Crippen MR) is 111 cm³/mol. The molecule has 2 aromatic heterocycles. The molecule has 1 N–H and O–H groups in total. The number of halogens is 1. The molecule has 6 nitrogen and oxygen atoms in total. The summed E-state index contributed by atoms with van der Waals surface area (Å²) in [5.41, 5.74) is 4.08. The van der Waals surface area contributed by atoms with Crippen molar-refractivity contribution < 1.29 is 4.79 Å². The Morgan fingerprint density at radius 3 is 2.89 bits per heavy atom. The number of nitriles is 1. The van der Waals surface area contributed by atoms with Gasteiger partial charge in [0.05, 0.1) is 9.35 Å². The highest BCUT2D eigenvalue weighted by Crippen LogP contribution is 2.27. The van der Waals surface area contributed by atoms with E-state index in [0.29, 0.717) is 21.7 Å². The highest BCUT2D eigenvalue weighted by atomic mass is 79.9. The molecular formula is C19H18BrN5OS. The van der Waals surface area contributed by atoms with Gasteiger partial charge in [0.2, 0.25) is 5.82 Å². The zero-order chi connectivity index (χ0) is 19.6. The summed E-state index contributed by atoms with van der Waals surface area (Å²) in [4.78, 5) is 21.7. The average molecular weight is 444 g/mol. The van der Waals surface area contributed by atoms with E-state index < -0.39 is 0 Å². The minimum Gasteiger partial charge on any atom is -0.267 e. The van der Waals surface area contributed by atoms with Crippen LogP contribution in [0.5, 0.6) is 0 Å². The Hall–Kier alpha value is -2.50. The van der Waals surface area contributed by atoms with Gasteiger partial charge in [-0.15, -0.1) is 11.3 Å². The molecule has 0 bridgehead atoms. The lowest BCUT2D eigenvalue weighted by Crippen LogP contribution is -2.45. The molecule has 0 atom stereocenters. The number of rotatable bonds is 5. The molecule has 0 unspecified atom stereocenters. The number of fused-ring (bicyclic) bond motifs is 1. The van der Waals surface area contributed by atoms with Gasteiger partial charge in [-0.3, -0.25) is 15.2 Å². The smallest absolute Gasteiger partial charge is 0.267 e. The van der Waals surface area contributed by atoms with Gasteiger partial charge in [-0.05, 0) is 46.3 Å². The highest BCUT2D eigenvalue weighted by Gasteiger charge is 2.19. The number of hydrazine groups is 1. The number of aryl methyl sites for hydroxylation is 1. The molecule has 27 heavy (non-hydrogen) atoms. The number of amides is 1. The van der Waals surface area contributed by atoms with Crippen LogP contribution < -0.4 is 10.4 Å². The molecule has 3 rings (SSSR count). The van der Waals surface area contributed by atoms with Gasteiger partial charge in [0.25, 0.3) is 5.91 Å². The van der Waals surface area contributed by atoms with Gasteiger partial charge in [-0.1, -0.05) is 31.5 Å². The van der Waals surface area contributed by atoms with Crippen LogP contribution in [0.15, 0.2) is 34.9 Å². The van der Waals surface area contributed by atoms with Gasteiger partial charge in [0, 0.05) is 17.4 Å². The molecule has 8 heteroatoms. The van der Waals surface area contributed by atoms with E-state index in [-0.39, 0.29) is 17.6 Å². The number of hydrogen-bond acceptors (Lipinski definition) is 6. The lowest BCUT2D eigenvalue weighted by atomic mass is 10.2. The zero-order valence-electron chi connectivity index (χ0n) is 15.2. The van der Waals surface area contributed by atoms with Gasteiger partial charge in [-0.25, -0.2) is 4.98 Å². The van der Waals surface area contributed by atoms with Crippen LogP contribution >= 0.6 is 27.3 Å². The van der Waals surface area contributed by atoms with E-state index in [2.05, 4.69) is 37.4 Å². The van der Waals surface area contributed by atoms with E-state index in [1.807, 2.05) is 45.0 Å². The van der Waals surface area contributed by atoms with Crippen LogP contribution in [0.3, 0.4) is 0 Å². The number of aromatic nitrogens is 2. The first-order valence-corrected chi connectivity index (χ1v) is 9.99. The number of carbonyl (C=O) groups is 1. The average Bonchev–Trinajstić information content (AvgIpc) is 3.04. The van der Waals surface area contributed by atoms with Crippen LogP contribution in [0.1, 0.15) is 34.9 Å². The maximum atomic E-state index is 12.9. The standard InChI is InChI=1S/C19H18BrN5OS/c1-11(2)10-25(18-14(20)9-22-17(8-21)23-18)24-19(26)16-7-13-6-12(3)4-5-15(13)27-16/h4-7,9,11H,10H2,1-3H3,(H,24,26). The van der Waals surface area contributed by atoms with Crippen molar-refractivity contribution in [1.29, 1.82) is 5.26 Å². The number of nitrogens with one attached hydrogen (secondary N) is 1. The third-order valence-corrected chi connectivity index (χ3v) is 5.44. The van der Waals surface area contributed by atoms with Crippen LogP contribution in [0, 0.1) is 24.2 Å². The predicted octanol–water partition coefficient (Wildman–Crippen LogP) is 4.44. The van der Waals surface area contributed by atoms with E-state index in [1.54, 1.807) is 5.01 Å². The molecule has 0 saturated heterocycles. The van der Waals surface area contributed by atoms with Crippen LogP contribution in [0.4, 0.5) is 5.82 Å². The second kappa shape index (κ2) is 8.03. The van der Waals surface area contributed by atoms with E-state index in [1.165, 1.54) is 17.5 Å². The molecular weight excluding hydrogens is 426 g/mol. The van der Waals surface area contributed by atoms with E-state index >= 15 is 0 Å².